The first kappa shape index (κ1) is 11.8. The molecule has 2 heteroatoms. The third-order valence-corrected chi connectivity index (χ3v) is 5.30. The predicted molar refractivity (Wildman–Crippen MR) is 76.5 cm³/mol. The molecule has 2 bridgehead atoms. The summed E-state index contributed by atoms with van der Waals surface area (Å²) >= 11 is 0. The van der Waals surface area contributed by atoms with Crippen molar-refractivity contribution in [1.29, 1.82) is 0 Å². The molecule has 3 aliphatic rings. The highest BCUT2D eigenvalue weighted by atomic mass is 16.5. The highest BCUT2D eigenvalue weighted by molar-refractivity contribution is 5.40. The van der Waals surface area contributed by atoms with Crippen LogP contribution in [-0.2, 0) is 6.42 Å². The molecule has 1 aromatic rings. The molecule has 4 rings (SSSR count). The zero-order valence-electron chi connectivity index (χ0n) is 11.7. The minimum Gasteiger partial charge on any atom is -0.488 e. The molecular weight excluding hydrogens is 234 g/mol. The first-order valence-corrected chi connectivity index (χ1v) is 7.77. The molecule has 2 nitrogen and oxygen atoms in total. The molecule has 1 aromatic carbocycles. The van der Waals surface area contributed by atoms with E-state index in [2.05, 4.69) is 30.4 Å². The lowest BCUT2D eigenvalue weighted by Gasteiger charge is -2.24. The fourth-order valence-corrected chi connectivity index (χ4v) is 4.34. The molecule has 4 atom stereocenters. The Bertz CT molecular complexity index is 484. The molecule has 0 spiro atoms. The highest BCUT2D eigenvalue weighted by Crippen LogP contribution is 2.44. The van der Waals surface area contributed by atoms with Crippen molar-refractivity contribution in [2.45, 2.75) is 51.2 Å². The van der Waals surface area contributed by atoms with Crippen LogP contribution in [-0.4, -0.2) is 18.7 Å². The summed E-state index contributed by atoms with van der Waals surface area (Å²) in [5.74, 6) is 3.08. The number of rotatable bonds is 3. The first-order valence-electron chi connectivity index (χ1n) is 7.77. The van der Waals surface area contributed by atoms with Crippen molar-refractivity contribution in [1.82, 2.24) is 5.32 Å². The molecule has 1 heterocycles. The maximum absolute atomic E-state index is 6.04. The van der Waals surface area contributed by atoms with Gasteiger partial charge in [-0.25, -0.2) is 0 Å². The maximum atomic E-state index is 6.04. The number of hydrogen-bond donors (Lipinski definition) is 1. The summed E-state index contributed by atoms with van der Waals surface area (Å²) < 4.78 is 6.04. The van der Waals surface area contributed by atoms with Gasteiger partial charge in [0.1, 0.15) is 11.9 Å². The lowest BCUT2D eigenvalue weighted by atomic mass is 9.95. The summed E-state index contributed by atoms with van der Waals surface area (Å²) in [4.78, 5) is 0. The Morgan fingerprint density at radius 3 is 3.00 bits per heavy atom. The minimum atomic E-state index is 0.343. The minimum absolute atomic E-state index is 0.343. The third-order valence-electron chi connectivity index (χ3n) is 5.30. The number of nitrogens with one attached hydrogen (secondary N) is 1. The largest absolute Gasteiger partial charge is 0.488 e. The van der Waals surface area contributed by atoms with Crippen molar-refractivity contribution in [3.63, 3.8) is 0 Å². The Kier molecular flexibility index (Phi) is 2.80. The summed E-state index contributed by atoms with van der Waals surface area (Å²) in [6, 6.07) is 7.31. The van der Waals surface area contributed by atoms with Crippen molar-refractivity contribution < 1.29 is 4.74 Å². The van der Waals surface area contributed by atoms with E-state index in [1.54, 1.807) is 0 Å². The molecule has 0 aromatic heterocycles. The van der Waals surface area contributed by atoms with E-state index in [1.807, 2.05) is 0 Å². The molecular formula is C17H23NO. The van der Waals surface area contributed by atoms with Crippen LogP contribution in [0.4, 0.5) is 0 Å². The highest BCUT2D eigenvalue weighted by Gasteiger charge is 2.39. The second kappa shape index (κ2) is 4.52. The quantitative estimate of drug-likeness (QED) is 0.898. The second-order valence-corrected chi connectivity index (χ2v) is 6.74. The van der Waals surface area contributed by atoms with Gasteiger partial charge in [0.05, 0.1) is 0 Å². The van der Waals surface area contributed by atoms with E-state index >= 15 is 0 Å². The average Bonchev–Trinajstić information content (AvgIpc) is 3.09. The van der Waals surface area contributed by atoms with Crippen molar-refractivity contribution in [2.24, 2.45) is 11.8 Å². The smallest absolute Gasteiger partial charge is 0.123 e. The van der Waals surface area contributed by atoms with Crippen molar-refractivity contribution >= 4 is 0 Å². The third kappa shape index (κ3) is 2.16. The van der Waals surface area contributed by atoms with Crippen molar-refractivity contribution in [3.8, 4) is 5.75 Å². The average molecular weight is 257 g/mol. The van der Waals surface area contributed by atoms with Crippen LogP contribution < -0.4 is 10.1 Å². The fourth-order valence-electron chi connectivity index (χ4n) is 4.34. The maximum Gasteiger partial charge on any atom is 0.123 e. The van der Waals surface area contributed by atoms with Gasteiger partial charge in [0.25, 0.3) is 0 Å². The molecule has 1 aliphatic heterocycles. The van der Waals surface area contributed by atoms with Gasteiger partial charge < -0.3 is 10.1 Å². The van der Waals surface area contributed by atoms with E-state index in [0.29, 0.717) is 6.10 Å². The lowest BCUT2D eigenvalue weighted by molar-refractivity contribution is 0.211. The molecule has 2 aliphatic carbocycles. The Morgan fingerprint density at radius 2 is 2.21 bits per heavy atom. The number of hydrogen-bond acceptors (Lipinski definition) is 2. The van der Waals surface area contributed by atoms with Gasteiger partial charge in [0.15, 0.2) is 0 Å². The van der Waals surface area contributed by atoms with Gasteiger partial charge in [-0.3, -0.25) is 0 Å². The molecule has 19 heavy (non-hydrogen) atoms. The first-order chi connectivity index (χ1) is 9.28. The number of ether oxygens (including phenoxy) is 1. The van der Waals surface area contributed by atoms with Crippen LogP contribution in [0.5, 0.6) is 5.75 Å². The number of benzene rings is 1. The van der Waals surface area contributed by atoms with Crippen LogP contribution in [0, 0.1) is 18.8 Å². The van der Waals surface area contributed by atoms with Crippen molar-refractivity contribution in [3.05, 3.63) is 29.3 Å². The number of aryl methyl sites for hydroxylation is 1. The number of fused-ring (bicyclic) bond motifs is 3. The lowest BCUT2D eigenvalue weighted by Crippen LogP contribution is -2.40. The van der Waals surface area contributed by atoms with Crippen LogP contribution >= 0.6 is 0 Å². The van der Waals surface area contributed by atoms with Crippen LogP contribution in [0.1, 0.15) is 36.8 Å². The second-order valence-electron chi connectivity index (χ2n) is 6.74. The Labute approximate surface area is 115 Å². The van der Waals surface area contributed by atoms with Gasteiger partial charge in [0, 0.05) is 19.0 Å². The Morgan fingerprint density at radius 1 is 1.26 bits per heavy atom. The van der Waals surface area contributed by atoms with Crippen LogP contribution in [0.25, 0.3) is 0 Å². The summed E-state index contributed by atoms with van der Waals surface area (Å²) in [5.41, 5.74) is 2.73. The molecule has 2 fully saturated rings. The summed E-state index contributed by atoms with van der Waals surface area (Å²) in [6.07, 6.45) is 7.23. The topological polar surface area (TPSA) is 21.3 Å². The van der Waals surface area contributed by atoms with Crippen LogP contribution in [0.15, 0.2) is 18.2 Å². The van der Waals surface area contributed by atoms with E-state index in [1.165, 1.54) is 36.8 Å². The van der Waals surface area contributed by atoms with Crippen LogP contribution in [0.3, 0.4) is 0 Å². The Hall–Kier alpha value is -1.02. The monoisotopic (exact) mass is 257 g/mol. The molecule has 102 valence electrons. The standard InChI is InChI=1S/C17H23NO/c1-11-2-5-17-14(6-11)9-15(19-17)10-18-16-8-12-3-4-13(16)7-12/h2,5-6,12-13,15-16,18H,3-4,7-10H2,1H3. The van der Waals surface area contributed by atoms with Gasteiger partial charge >= 0.3 is 0 Å². The zero-order valence-corrected chi connectivity index (χ0v) is 11.7. The molecule has 2 saturated carbocycles. The van der Waals surface area contributed by atoms with E-state index < -0.39 is 0 Å². The van der Waals surface area contributed by atoms with E-state index in [0.717, 1.165) is 36.6 Å². The summed E-state index contributed by atoms with van der Waals surface area (Å²) in [5, 5.41) is 3.78. The molecule has 0 amide bonds. The van der Waals surface area contributed by atoms with Gasteiger partial charge in [-0.15, -0.1) is 0 Å². The Balaban J connectivity index is 1.34. The van der Waals surface area contributed by atoms with E-state index in [-0.39, 0.29) is 0 Å². The van der Waals surface area contributed by atoms with Gasteiger partial charge in [-0.2, -0.15) is 0 Å². The molecule has 0 saturated heterocycles. The zero-order chi connectivity index (χ0) is 12.8. The molecule has 4 unspecified atom stereocenters. The summed E-state index contributed by atoms with van der Waals surface area (Å²) in [7, 11) is 0. The molecule has 0 radical (unpaired) electrons. The summed E-state index contributed by atoms with van der Waals surface area (Å²) in [6.45, 7) is 3.17. The van der Waals surface area contributed by atoms with Crippen molar-refractivity contribution in [2.75, 3.05) is 6.54 Å². The SMILES string of the molecule is Cc1ccc2c(c1)CC(CNC1CC3CCC1C3)O2. The van der Waals surface area contributed by atoms with E-state index in [9.17, 15) is 0 Å². The normalized spacial score (nSPS) is 35.4. The van der Waals surface area contributed by atoms with Crippen LogP contribution in [0.2, 0.25) is 0 Å². The fraction of sp³-hybridized carbons (Fsp3) is 0.647. The van der Waals surface area contributed by atoms with Gasteiger partial charge in [0.2, 0.25) is 0 Å². The van der Waals surface area contributed by atoms with Gasteiger partial charge in [-0.05, 0) is 49.7 Å². The predicted octanol–water partition coefficient (Wildman–Crippen LogP) is 3.08. The molecule has 1 N–H and O–H groups in total. The van der Waals surface area contributed by atoms with E-state index in [4.69, 9.17) is 4.74 Å². The van der Waals surface area contributed by atoms with Gasteiger partial charge in [-0.1, -0.05) is 24.1 Å².